The van der Waals surface area contributed by atoms with Crippen molar-refractivity contribution < 1.29 is 33.8 Å². The van der Waals surface area contributed by atoms with E-state index in [2.05, 4.69) is 25.4 Å². The number of nitrogens with zero attached hydrogens (tertiary/aromatic N) is 2. The normalized spacial score (nSPS) is 28.1. The summed E-state index contributed by atoms with van der Waals surface area (Å²) in [7, 11) is 0. The van der Waals surface area contributed by atoms with Crippen LogP contribution in [-0.4, -0.2) is 94.7 Å². The standard InChI is InChI=1S/C30H47N3O7/c1-6-9-13-23(35)31-19-21(5)39-29(38)24-22-14-15-30(40-22)25(24)27(36)33(17-10-11-18-34)26(30)28(37)32(16-8-3)20(4)12-7-2/h6,8,20-22,24-26,34H,1,3,7,9-19H2,2,4-5H3,(H,31,35)/t20?,21-,22-,24+,25+,26-,30+/m1/s1. The highest BCUT2D eigenvalue weighted by Gasteiger charge is 2.75. The molecule has 3 aliphatic heterocycles. The van der Waals surface area contributed by atoms with Gasteiger partial charge >= 0.3 is 5.97 Å². The van der Waals surface area contributed by atoms with Gasteiger partial charge in [-0.15, -0.1) is 13.2 Å². The molecule has 7 atom stereocenters. The largest absolute Gasteiger partial charge is 0.460 e. The van der Waals surface area contributed by atoms with Gasteiger partial charge in [0.15, 0.2) is 0 Å². The predicted octanol–water partition coefficient (Wildman–Crippen LogP) is 2.35. The van der Waals surface area contributed by atoms with Crippen molar-refractivity contribution in [3.05, 3.63) is 25.3 Å². The van der Waals surface area contributed by atoms with Gasteiger partial charge in [-0.25, -0.2) is 0 Å². The first kappa shape index (κ1) is 31.8. The molecule has 1 spiro atoms. The molecular formula is C30H47N3O7. The summed E-state index contributed by atoms with van der Waals surface area (Å²) in [5, 5.41) is 12.1. The fraction of sp³-hybridized carbons (Fsp3) is 0.733. The topological polar surface area (TPSA) is 125 Å². The summed E-state index contributed by atoms with van der Waals surface area (Å²) in [6, 6.07) is -0.908. The third-order valence-corrected chi connectivity index (χ3v) is 8.44. The number of esters is 1. The predicted molar refractivity (Wildman–Crippen MR) is 150 cm³/mol. The van der Waals surface area contributed by atoms with E-state index >= 15 is 0 Å². The maximum absolute atomic E-state index is 14.2. The Morgan fingerprint density at radius 3 is 2.67 bits per heavy atom. The Labute approximate surface area is 238 Å². The van der Waals surface area contributed by atoms with E-state index in [1.165, 1.54) is 0 Å². The van der Waals surface area contributed by atoms with Crippen LogP contribution in [0.4, 0.5) is 0 Å². The van der Waals surface area contributed by atoms with Gasteiger partial charge < -0.3 is 29.7 Å². The lowest BCUT2D eigenvalue weighted by molar-refractivity contribution is -0.159. The molecule has 0 aromatic heterocycles. The average molecular weight is 562 g/mol. The quantitative estimate of drug-likeness (QED) is 0.159. The van der Waals surface area contributed by atoms with Crippen molar-refractivity contribution in [1.82, 2.24) is 15.1 Å². The molecule has 0 saturated carbocycles. The number of likely N-dealkylation sites (tertiary alicyclic amines) is 1. The van der Waals surface area contributed by atoms with E-state index in [4.69, 9.17) is 9.47 Å². The first-order valence-electron chi connectivity index (χ1n) is 14.7. The molecule has 3 aliphatic rings. The minimum Gasteiger partial charge on any atom is -0.460 e. The summed E-state index contributed by atoms with van der Waals surface area (Å²) < 4.78 is 12.2. The summed E-state index contributed by atoms with van der Waals surface area (Å²) in [6.45, 7) is 14.0. The van der Waals surface area contributed by atoms with Gasteiger partial charge in [-0.1, -0.05) is 25.5 Å². The van der Waals surface area contributed by atoms with Crippen LogP contribution in [-0.2, 0) is 28.7 Å². The van der Waals surface area contributed by atoms with Crippen molar-refractivity contribution in [3.63, 3.8) is 0 Å². The van der Waals surface area contributed by atoms with Crippen molar-refractivity contribution in [2.75, 3.05) is 26.2 Å². The van der Waals surface area contributed by atoms with Gasteiger partial charge in [0, 0.05) is 32.2 Å². The van der Waals surface area contributed by atoms with Gasteiger partial charge in [-0.3, -0.25) is 19.2 Å². The maximum Gasteiger partial charge on any atom is 0.312 e. The van der Waals surface area contributed by atoms with Gasteiger partial charge in [0.1, 0.15) is 17.7 Å². The Morgan fingerprint density at radius 2 is 2.02 bits per heavy atom. The Kier molecular flexibility index (Phi) is 11.3. The van der Waals surface area contributed by atoms with Crippen LogP contribution in [0.1, 0.15) is 72.1 Å². The number of carbonyl (C=O) groups is 4. The van der Waals surface area contributed by atoms with E-state index in [1.807, 2.05) is 6.92 Å². The van der Waals surface area contributed by atoms with Gasteiger partial charge in [-0.05, 0) is 52.4 Å². The number of carbonyl (C=O) groups excluding carboxylic acids is 4. The van der Waals surface area contributed by atoms with Crippen molar-refractivity contribution in [1.29, 1.82) is 0 Å². The van der Waals surface area contributed by atoms with Gasteiger partial charge in [0.25, 0.3) is 0 Å². The number of ether oxygens (including phenoxy) is 2. The van der Waals surface area contributed by atoms with Crippen LogP contribution < -0.4 is 5.32 Å². The smallest absolute Gasteiger partial charge is 0.312 e. The Hall–Kier alpha value is -2.72. The molecule has 2 N–H and O–H groups in total. The van der Waals surface area contributed by atoms with E-state index in [0.717, 1.165) is 12.8 Å². The highest BCUT2D eigenvalue weighted by Crippen LogP contribution is 2.59. The molecule has 3 amide bonds. The Morgan fingerprint density at radius 1 is 1.27 bits per heavy atom. The van der Waals surface area contributed by atoms with Crippen LogP contribution in [0.15, 0.2) is 25.3 Å². The molecule has 3 rings (SSSR count). The number of rotatable bonds is 17. The lowest BCUT2D eigenvalue weighted by atomic mass is 9.70. The number of fused-ring (bicyclic) bond motifs is 1. The third kappa shape index (κ3) is 6.43. The molecule has 0 aromatic carbocycles. The molecule has 3 fully saturated rings. The minimum absolute atomic E-state index is 0.0130. The Balaban J connectivity index is 1.84. The lowest BCUT2D eigenvalue weighted by Crippen LogP contribution is -2.58. The van der Waals surface area contributed by atoms with E-state index < -0.39 is 41.7 Å². The highest BCUT2D eigenvalue weighted by atomic mass is 16.6. The zero-order chi connectivity index (χ0) is 29.4. The number of unbranched alkanes of at least 4 members (excludes halogenated alkanes) is 1. The van der Waals surface area contributed by atoms with Gasteiger partial charge in [-0.2, -0.15) is 0 Å². The SMILES string of the molecule is C=CCCC(=O)NC[C@@H](C)OC(=O)[C@@H]1[C@H]2C(=O)N(CCCCO)[C@H](C(=O)N(CC=C)C(C)CCC)[C@]23CC[C@H]1O3. The zero-order valence-electron chi connectivity index (χ0n) is 24.3. The second-order valence-electron chi connectivity index (χ2n) is 11.3. The van der Waals surface area contributed by atoms with Crippen LogP contribution in [0.2, 0.25) is 0 Å². The molecular weight excluding hydrogens is 514 g/mol. The molecule has 3 heterocycles. The van der Waals surface area contributed by atoms with Crippen LogP contribution in [0.5, 0.6) is 0 Å². The molecule has 0 aliphatic carbocycles. The summed E-state index contributed by atoms with van der Waals surface area (Å²) in [5.74, 6) is -2.79. The van der Waals surface area contributed by atoms with Crippen LogP contribution in [0.3, 0.4) is 0 Å². The molecule has 40 heavy (non-hydrogen) atoms. The monoisotopic (exact) mass is 561 g/mol. The molecule has 10 nitrogen and oxygen atoms in total. The van der Waals surface area contributed by atoms with Crippen LogP contribution in [0, 0.1) is 11.8 Å². The van der Waals surface area contributed by atoms with Gasteiger partial charge in [0.2, 0.25) is 17.7 Å². The van der Waals surface area contributed by atoms with Crippen molar-refractivity contribution in [2.45, 2.75) is 102 Å². The second-order valence-corrected chi connectivity index (χ2v) is 11.3. The van der Waals surface area contributed by atoms with Crippen molar-refractivity contribution in [3.8, 4) is 0 Å². The number of amides is 3. The summed E-state index contributed by atoms with van der Waals surface area (Å²) in [4.78, 5) is 57.0. The molecule has 224 valence electrons. The molecule has 0 aromatic rings. The molecule has 2 bridgehead atoms. The zero-order valence-corrected chi connectivity index (χ0v) is 24.3. The second kappa shape index (κ2) is 14.3. The molecule has 3 saturated heterocycles. The number of hydrogen-bond donors (Lipinski definition) is 2. The lowest BCUT2D eigenvalue weighted by Gasteiger charge is -2.39. The number of aliphatic hydroxyl groups is 1. The number of aliphatic hydroxyl groups excluding tert-OH is 1. The first-order chi connectivity index (χ1) is 19.2. The summed E-state index contributed by atoms with van der Waals surface area (Å²) in [6.07, 6.45) is 6.91. The van der Waals surface area contributed by atoms with Gasteiger partial charge in [0.05, 0.1) is 24.5 Å². The summed E-state index contributed by atoms with van der Waals surface area (Å²) >= 11 is 0. The number of nitrogens with one attached hydrogen (secondary N) is 1. The Bertz CT molecular complexity index is 956. The number of allylic oxidation sites excluding steroid dienone is 1. The third-order valence-electron chi connectivity index (χ3n) is 8.44. The van der Waals surface area contributed by atoms with Crippen LogP contribution >= 0.6 is 0 Å². The number of hydrogen-bond acceptors (Lipinski definition) is 7. The maximum atomic E-state index is 14.2. The molecule has 0 radical (unpaired) electrons. The molecule has 1 unspecified atom stereocenters. The van der Waals surface area contributed by atoms with E-state index in [1.54, 1.807) is 28.9 Å². The molecule has 10 heteroatoms. The van der Waals surface area contributed by atoms with E-state index in [0.29, 0.717) is 51.6 Å². The van der Waals surface area contributed by atoms with E-state index in [9.17, 15) is 24.3 Å². The van der Waals surface area contributed by atoms with Crippen molar-refractivity contribution in [2.24, 2.45) is 11.8 Å². The fourth-order valence-corrected chi connectivity index (χ4v) is 6.59. The van der Waals surface area contributed by atoms with Crippen LogP contribution in [0.25, 0.3) is 0 Å². The minimum atomic E-state index is -1.10. The average Bonchev–Trinajstić information content (AvgIpc) is 3.56. The highest BCUT2D eigenvalue weighted by molar-refractivity contribution is 5.98. The fourth-order valence-electron chi connectivity index (χ4n) is 6.59. The van der Waals surface area contributed by atoms with Crippen molar-refractivity contribution >= 4 is 23.7 Å². The first-order valence-corrected chi connectivity index (χ1v) is 14.7. The van der Waals surface area contributed by atoms with E-state index in [-0.39, 0.29) is 36.9 Å². The summed E-state index contributed by atoms with van der Waals surface area (Å²) in [5.41, 5.74) is -1.10.